The molecule has 0 N–H and O–H groups in total. The molecule has 1 fully saturated rings. The van der Waals surface area contributed by atoms with Crippen LogP contribution in [0.5, 0.6) is 0 Å². The van der Waals surface area contributed by atoms with Gasteiger partial charge in [-0.05, 0) is 32.0 Å². The fourth-order valence-corrected chi connectivity index (χ4v) is 1.89. The summed E-state index contributed by atoms with van der Waals surface area (Å²) < 4.78 is 0. The molecular formula is C10H15N3. The molecule has 0 bridgehead atoms. The van der Waals surface area contributed by atoms with E-state index in [-0.39, 0.29) is 0 Å². The van der Waals surface area contributed by atoms with Crippen molar-refractivity contribution in [1.29, 1.82) is 0 Å². The van der Waals surface area contributed by atoms with E-state index < -0.39 is 0 Å². The van der Waals surface area contributed by atoms with Gasteiger partial charge in [-0.2, -0.15) is 0 Å². The van der Waals surface area contributed by atoms with Crippen molar-refractivity contribution in [3.8, 4) is 0 Å². The molecular weight excluding hydrogens is 162 g/mol. The van der Waals surface area contributed by atoms with Gasteiger partial charge in [-0.3, -0.25) is 0 Å². The predicted molar refractivity (Wildman–Crippen MR) is 51.3 cm³/mol. The van der Waals surface area contributed by atoms with E-state index in [9.17, 15) is 0 Å². The molecule has 70 valence electrons. The summed E-state index contributed by atoms with van der Waals surface area (Å²) in [4.78, 5) is 10.8. The maximum Gasteiger partial charge on any atom is 0.128 e. The van der Waals surface area contributed by atoms with Crippen LogP contribution in [0.1, 0.15) is 12.2 Å². The van der Waals surface area contributed by atoms with Crippen molar-refractivity contribution >= 4 is 0 Å². The van der Waals surface area contributed by atoms with Gasteiger partial charge in [0, 0.05) is 25.4 Å². The molecule has 1 aromatic heterocycles. The smallest absolute Gasteiger partial charge is 0.128 e. The van der Waals surface area contributed by atoms with Crippen LogP contribution in [0.2, 0.25) is 0 Å². The van der Waals surface area contributed by atoms with Gasteiger partial charge in [0.05, 0.1) is 0 Å². The molecule has 0 spiro atoms. The molecule has 1 aliphatic rings. The minimum atomic E-state index is 0.757. The highest BCUT2D eigenvalue weighted by Crippen LogP contribution is 2.17. The average Bonchev–Trinajstić information content (AvgIpc) is 2.53. The van der Waals surface area contributed by atoms with Crippen LogP contribution in [-0.2, 0) is 6.42 Å². The summed E-state index contributed by atoms with van der Waals surface area (Å²) >= 11 is 0. The summed E-state index contributed by atoms with van der Waals surface area (Å²) in [6, 6.07) is 1.87. The van der Waals surface area contributed by atoms with E-state index in [2.05, 4.69) is 21.9 Å². The van der Waals surface area contributed by atoms with Gasteiger partial charge in [-0.25, -0.2) is 9.97 Å². The van der Waals surface area contributed by atoms with Crippen LogP contribution < -0.4 is 0 Å². The summed E-state index contributed by atoms with van der Waals surface area (Å²) in [7, 11) is 2.17. The monoisotopic (exact) mass is 177 g/mol. The van der Waals surface area contributed by atoms with Crippen molar-refractivity contribution in [2.45, 2.75) is 12.8 Å². The van der Waals surface area contributed by atoms with E-state index in [1.807, 2.05) is 18.5 Å². The Hall–Kier alpha value is -0.960. The third-order valence-electron chi connectivity index (χ3n) is 2.58. The third kappa shape index (κ3) is 2.25. The first-order valence-corrected chi connectivity index (χ1v) is 4.79. The van der Waals surface area contributed by atoms with Crippen LogP contribution in [0.25, 0.3) is 0 Å². The Balaban J connectivity index is 1.92. The van der Waals surface area contributed by atoms with E-state index in [1.165, 1.54) is 19.5 Å². The zero-order valence-corrected chi connectivity index (χ0v) is 7.98. The quantitative estimate of drug-likeness (QED) is 0.674. The van der Waals surface area contributed by atoms with Crippen molar-refractivity contribution in [3.05, 3.63) is 24.3 Å². The Bertz CT molecular complexity index is 260. The lowest BCUT2D eigenvalue weighted by molar-refractivity contribution is 0.392. The van der Waals surface area contributed by atoms with E-state index in [0.29, 0.717) is 0 Å². The molecule has 0 radical (unpaired) electrons. The summed E-state index contributed by atoms with van der Waals surface area (Å²) in [6.07, 6.45) is 5.96. The highest BCUT2D eigenvalue weighted by molar-refractivity contribution is 4.91. The topological polar surface area (TPSA) is 29.0 Å². The van der Waals surface area contributed by atoms with Crippen molar-refractivity contribution in [2.75, 3.05) is 20.1 Å². The second-order valence-electron chi connectivity index (χ2n) is 3.79. The van der Waals surface area contributed by atoms with Gasteiger partial charge in [0.2, 0.25) is 0 Å². The summed E-state index contributed by atoms with van der Waals surface area (Å²) in [5, 5.41) is 0. The Morgan fingerprint density at radius 1 is 1.46 bits per heavy atom. The molecule has 1 aromatic rings. The molecule has 1 unspecified atom stereocenters. The highest BCUT2D eigenvalue weighted by atomic mass is 15.1. The largest absolute Gasteiger partial charge is 0.306 e. The standard InChI is InChI=1S/C10H15N3/c1-13-6-3-9(8-13)7-10-11-4-2-5-12-10/h2,4-5,9H,3,6-8H2,1H3. The number of aromatic nitrogens is 2. The average molecular weight is 177 g/mol. The first-order chi connectivity index (χ1) is 6.34. The lowest BCUT2D eigenvalue weighted by atomic mass is 10.0. The molecule has 1 atom stereocenters. The molecule has 1 aliphatic heterocycles. The predicted octanol–water partition coefficient (Wildman–Crippen LogP) is 0.971. The van der Waals surface area contributed by atoms with Crippen molar-refractivity contribution in [2.24, 2.45) is 5.92 Å². The molecule has 13 heavy (non-hydrogen) atoms. The Kier molecular flexibility index (Phi) is 2.54. The van der Waals surface area contributed by atoms with Crippen LogP contribution in [-0.4, -0.2) is 35.0 Å². The van der Waals surface area contributed by atoms with Crippen LogP contribution in [0.4, 0.5) is 0 Å². The van der Waals surface area contributed by atoms with Crippen molar-refractivity contribution in [3.63, 3.8) is 0 Å². The molecule has 0 saturated carbocycles. The van der Waals surface area contributed by atoms with Gasteiger partial charge in [0.25, 0.3) is 0 Å². The number of rotatable bonds is 2. The lowest BCUT2D eigenvalue weighted by Crippen LogP contribution is -2.15. The Morgan fingerprint density at radius 2 is 2.23 bits per heavy atom. The normalized spacial score (nSPS) is 23.6. The Morgan fingerprint density at radius 3 is 2.85 bits per heavy atom. The highest BCUT2D eigenvalue weighted by Gasteiger charge is 2.20. The summed E-state index contributed by atoms with van der Waals surface area (Å²) in [5.74, 6) is 1.75. The van der Waals surface area contributed by atoms with Crippen LogP contribution in [0.15, 0.2) is 18.5 Å². The SMILES string of the molecule is CN1CCC(Cc2ncccn2)C1. The number of likely N-dealkylation sites (tertiary alicyclic amines) is 1. The number of nitrogens with zero attached hydrogens (tertiary/aromatic N) is 3. The minimum Gasteiger partial charge on any atom is -0.306 e. The summed E-state index contributed by atoms with van der Waals surface area (Å²) in [6.45, 7) is 2.41. The van der Waals surface area contributed by atoms with E-state index in [1.54, 1.807) is 0 Å². The minimum absolute atomic E-state index is 0.757. The molecule has 3 nitrogen and oxygen atoms in total. The number of hydrogen-bond acceptors (Lipinski definition) is 3. The zero-order chi connectivity index (χ0) is 9.10. The fraction of sp³-hybridized carbons (Fsp3) is 0.600. The lowest BCUT2D eigenvalue weighted by Gasteiger charge is -2.08. The van der Waals surface area contributed by atoms with E-state index in [0.717, 1.165) is 18.2 Å². The second-order valence-corrected chi connectivity index (χ2v) is 3.79. The zero-order valence-electron chi connectivity index (χ0n) is 7.98. The Labute approximate surface area is 78.8 Å². The van der Waals surface area contributed by atoms with Gasteiger partial charge in [-0.1, -0.05) is 0 Å². The second kappa shape index (κ2) is 3.83. The van der Waals surface area contributed by atoms with Crippen LogP contribution >= 0.6 is 0 Å². The molecule has 2 heterocycles. The van der Waals surface area contributed by atoms with Gasteiger partial charge < -0.3 is 4.90 Å². The summed E-state index contributed by atoms with van der Waals surface area (Å²) in [5.41, 5.74) is 0. The first kappa shape index (κ1) is 8.63. The van der Waals surface area contributed by atoms with E-state index >= 15 is 0 Å². The fourth-order valence-electron chi connectivity index (χ4n) is 1.89. The molecule has 0 aliphatic carbocycles. The van der Waals surface area contributed by atoms with E-state index in [4.69, 9.17) is 0 Å². The molecule has 0 aromatic carbocycles. The van der Waals surface area contributed by atoms with Gasteiger partial charge >= 0.3 is 0 Å². The maximum absolute atomic E-state index is 4.24. The van der Waals surface area contributed by atoms with Crippen molar-refractivity contribution in [1.82, 2.24) is 14.9 Å². The molecule has 2 rings (SSSR count). The molecule has 1 saturated heterocycles. The van der Waals surface area contributed by atoms with Gasteiger partial charge in [-0.15, -0.1) is 0 Å². The molecule has 0 amide bonds. The number of hydrogen-bond donors (Lipinski definition) is 0. The van der Waals surface area contributed by atoms with Crippen LogP contribution in [0, 0.1) is 5.92 Å². The van der Waals surface area contributed by atoms with Crippen LogP contribution in [0.3, 0.4) is 0 Å². The molecule has 3 heteroatoms. The maximum atomic E-state index is 4.24. The van der Waals surface area contributed by atoms with Gasteiger partial charge in [0.1, 0.15) is 5.82 Å². The van der Waals surface area contributed by atoms with Crippen molar-refractivity contribution < 1.29 is 0 Å². The van der Waals surface area contributed by atoms with Gasteiger partial charge in [0.15, 0.2) is 0 Å². The third-order valence-corrected chi connectivity index (χ3v) is 2.58. The first-order valence-electron chi connectivity index (χ1n) is 4.79.